The summed E-state index contributed by atoms with van der Waals surface area (Å²) in [6.07, 6.45) is -5.44. The van der Waals surface area contributed by atoms with E-state index in [1.165, 1.54) is 0 Å². The molecule has 1 nitrogen and oxygen atoms in total. The minimum atomic E-state index is -4.33. The minimum Gasteiger partial charge on any atom is -0.454 e. The van der Waals surface area contributed by atoms with E-state index >= 15 is 0 Å². The van der Waals surface area contributed by atoms with Crippen molar-refractivity contribution in [2.75, 3.05) is 0 Å². The van der Waals surface area contributed by atoms with Crippen molar-refractivity contribution < 1.29 is 22.3 Å². The first-order valence-corrected chi connectivity index (χ1v) is 5.52. The molecular weight excluding hydrogens is 260 g/mol. The van der Waals surface area contributed by atoms with Crippen molar-refractivity contribution >= 4 is 0 Å². The molecule has 2 rings (SSSR count). The van der Waals surface area contributed by atoms with Crippen LogP contribution < -0.4 is 4.74 Å². The lowest BCUT2D eigenvalue weighted by molar-refractivity contribution is -0.127. The summed E-state index contributed by atoms with van der Waals surface area (Å²) in [4.78, 5) is 0. The number of hydrogen-bond donors (Lipinski definition) is 0. The van der Waals surface area contributed by atoms with Gasteiger partial charge in [-0.25, -0.2) is 4.39 Å². The fourth-order valence-corrected chi connectivity index (χ4v) is 1.58. The van der Waals surface area contributed by atoms with Gasteiger partial charge in [-0.1, -0.05) is 24.3 Å². The summed E-state index contributed by atoms with van der Waals surface area (Å²) in [6.45, 7) is 0. The van der Waals surface area contributed by atoms with E-state index < -0.39 is 18.4 Å². The molecule has 0 aliphatic rings. The second-order valence-corrected chi connectivity index (χ2v) is 3.97. The number of ether oxygens (including phenoxy) is 1. The van der Waals surface area contributed by atoms with Crippen LogP contribution >= 0.6 is 0 Å². The van der Waals surface area contributed by atoms with Crippen LogP contribution in [0.3, 0.4) is 0 Å². The maximum absolute atomic E-state index is 13.5. The van der Waals surface area contributed by atoms with Gasteiger partial charge in [-0.3, -0.25) is 0 Å². The molecule has 0 atom stereocenters. The Kier molecular flexibility index (Phi) is 3.74. The lowest BCUT2D eigenvalue weighted by Crippen LogP contribution is -2.11. The highest BCUT2D eigenvalue weighted by Crippen LogP contribution is 2.28. The Morgan fingerprint density at radius 2 is 1.63 bits per heavy atom. The van der Waals surface area contributed by atoms with Crippen LogP contribution in [0.15, 0.2) is 48.5 Å². The van der Waals surface area contributed by atoms with Gasteiger partial charge in [-0.2, -0.15) is 13.2 Å². The standard InChI is InChI=1S/C14H10F4O/c15-12-7-6-10(9-14(16,17)18)8-13(12)19-11-4-2-1-3-5-11/h1-8H,9H2. The molecule has 0 saturated heterocycles. The molecule has 5 heteroatoms. The molecule has 19 heavy (non-hydrogen) atoms. The van der Waals surface area contributed by atoms with Crippen LogP contribution in [0, 0.1) is 5.82 Å². The van der Waals surface area contributed by atoms with Crippen molar-refractivity contribution in [1.29, 1.82) is 0 Å². The number of benzene rings is 2. The van der Waals surface area contributed by atoms with Crippen LogP contribution in [0.25, 0.3) is 0 Å². The fourth-order valence-electron chi connectivity index (χ4n) is 1.58. The van der Waals surface area contributed by atoms with Crippen molar-refractivity contribution in [2.24, 2.45) is 0 Å². The number of rotatable bonds is 3. The molecular formula is C14H10F4O. The molecule has 2 aromatic rings. The molecule has 0 amide bonds. The zero-order valence-corrected chi connectivity index (χ0v) is 9.75. The van der Waals surface area contributed by atoms with Crippen molar-refractivity contribution in [3.8, 4) is 11.5 Å². The van der Waals surface area contributed by atoms with E-state index in [-0.39, 0.29) is 11.3 Å². The van der Waals surface area contributed by atoms with Crippen molar-refractivity contribution in [2.45, 2.75) is 12.6 Å². The predicted octanol–water partition coefficient (Wildman–Crippen LogP) is 4.72. The summed E-state index contributed by atoms with van der Waals surface area (Å²) in [5, 5.41) is 0. The Morgan fingerprint density at radius 3 is 2.26 bits per heavy atom. The van der Waals surface area contributed by atoms with E-state index in [0.29, 0.717) is 5.75 Å². The molecule has 0 aliphatic heterocycles. The summed E-state index contributed by atoms with van der Waals surface area (Å²) in [6, 6.07) is 11.4. The Balaban J connectivity index is 2.23. The largest absolute Gasteiger partial charge is 0.454 e. The topological polar surface area (TPSA) is 9.23 Å². The lowest BCUT2D eigenvalue weighted by atomic mass is 10.1. The smallest absolute Gasteiger partial charge is 0.393 e. The van der Waals surface area contributed by atoms with Crippen molar-refractivity contribution in [3.63, 3.8) is 0 Å². The number of halogens is 4. The van der Waals surface area contributed by atoms with Gasteiger partial charge in [-0.05, 0) is 29.8 Å². The third-order valence-electron chi connectivity index (χ3n) is 2.37. The van der Waals surface area contributed by atoms with Gasteiger partial charge in [0.25, 0.3) is 0 Å². The van der Waals surface area contributed by atoms with Crippen molar-refractivity contribution in [3.05, 3.63) is 59.9 Å². The van der Waals surface area contributed by atoms with Gasteiger partial charge in [0.1, 0.15) is 5.75 Å². The Bertz CT molecular complexity index is 549. The van der Waals surface area contributed by atoms with E-state index in [4.69, 9.17) is 4.74 Å². The van der Waals surface area contributed by atoms with Crippen LogP contribution in [-0.4, -0.2) is 6.18 Å². The Labute approximate surface area is 107 Å². The molecule has 0 N–H and O–H groups in total. The molecule has 0 aromatic heterocycles. The predicted molar refractivity (Wildman–Crippen MR) is 62.7 cm³/mol. The van der Waals surface area contributed by atoms with Crippen LogP contribution in [0.2, 0.25) is 0 Å². The molecule has 0 spiro atoms. The molecule has 0 fully saturated rings. The molecule has 0 radical (unpaired) electrons. The number of alkyl halides is 3. The summed E-state index contributed by atoms with van der Waals surface area (Å²) in [7, 11) is 0. The summed E-state index contributed by atoms with van der Waals surface area (Å²) < 4.78 is 55.5. The first-order valence-electron chi connectivity index (χ1n) is 5.52. The van der Waals surface area contributed by atoms with Crippen LogP contribution in [0.5, 0.6) is 11.5 Å². The Hall–Kier alpha value is -2.04. The third kappa shape index (κ3) is 3.98. The number of para-hydroxylation sites is 1. The quantitative estimate of drug-likeness (QED) is 0.733. The molecule has 0 bridgehead atoms. The second kappa shape index (κ2) is 5.30. The van der Waals surface area contributed by atoms with Gasteiger partial charge >= 0.3 is 6.18 Å². The van der Waals surface area contributed by atoms with Gasteiger partial charge in [0, 0.05) is 0 Å². The normalized spacial score (nSPS) is 11.4. The fraction of sp³-hybridized carbons (Fsp3) is 0.143. The first kappa shape index (κ1) is 13.4. The SMILES string of the molecule is Fc1ccc(CC(F)(F)F)cc1Oc1ccccc1. The van der Waals surface area contributed by atoms with E-state index in [9.17, 15) is 17.6 Å². The monoisotopic (exact) mass is 270 g/mol. The van der Waals surface area contributed by atoms with Gasteiger partial charge in [0.15, 0.2) is 11.6 Å². The zero-order valence-electron chi connectivity index (χ0n) is 9.75. The highest BCUT2D eigenvalue weighted by Gasteiger charge is 2.28. The third-order valence-corrected chi connectivity index (χ3v) is 2.37. The lowest BCUT2D eigenvalue weighted by Gasteiger charge is -2.10. The summed E-state index contributed by atoms with van der Waals surface area (Å²) >= 11 is 0. The molecule has 0 aliphatic carbocycles. The maximum Gasteiger partial charge on any atom is 0.393 e. The van der Waals surface area contributed by atoms with E-state index in [2.05, 4.69) is 0 Å². The van der Waals surface area contributed by atoms with Crippen LogP contribution in [0.1, 0.15) is 5.56 Å². The van der Waals surface area contributed by atoms with E-state index in [1.54, 1.807) is 30.3 Å². The van der Waals surface area contributed by atoms with E-state index in [0.717, 1.165) is 18.2 Å². The van der Waals surface area contributed by atoms with Gasteiger partial charge < -0.3 is 4.74 Å². The molecule has 2 aromatic carbocycles. The molecule has 0 heterocycles. The summed E-state index contributed by atoms with van der Waals surface area (Å²) in [5.41, 5.74) is -0.0418. The minimum absolute atomic E-state index is 0.0418. The maximum atomic E-state index is 13.5. The van der Waals surface area contributed by atoms with Gasteiger partial charge in [-0.15, -0.1) is 0 Å². The second-order valence-electron chi connectivity index (χ2n) is 3.97. The average molecular weight is 270 g/mol. The first-order chi connectivity index (χ1) is 8.94. The number of hydrogen-bond acceptors (Lipinski definition) is 1. The van der Waals surface area contributed by atoms with Crippen LogP contribution in [0.4, 0.5) is 17.6 Å². The molecule has 0 saturated carbocycles. The summed E-state index contributed by atoms with van der Waals surface area (Å²) in [5.74, 6) is -0.548. The van der Waals surface area contributed by atoms with Crippen LogP contribution in [-0.2, 0) is 6.42 Å². The highest BCUT2D eigenvalue weighted by molar-refractivity contribution is 5.35. The Morgan fingerprint density at radius 1 is 0.947 bits per heavy atom. The van der Waals surface area contributed by atoms with Gasteiger partial charge in [0.2, 0.25) is 0 Å². The molecule has 0 unspecified atom stereocenters. The van der Waals surface area contributed by atoms with Gasteiger partial charge in [0.05, 0.1) is 6.42 Å². The molecule has 100 valence electrons. The van der Waals surface area contributed by atoms with E-state index in [1.807, 2.05) is 0 Å². The highest BCUT2D eigenvalue weighted by atomic mass is 19.4. The van der Waals surface area contributed by atoms with Crippen molar-refractivity contribution in [1.82, 2.24) is 0 Å². The average Bonchev–Trinajstić information content (AvgIpc) is 2.33. The zero-order chi connectivity index (χ0) is 13.9.